The largest absolute Gasteiger partial charge is 0.478 e. The van der Waals surface area contributed by atoms with E-state index in [4.69, 9.17) is 5.11 Å². The van der Waals surface area contributed by atoms with Gasteiger partial charge < -0.3 is 10.4 Å². The lowest BCUT2D eigenvalue weighted by atomic mass is 10.2. The van der Waals surface area contributed by atoms with Crippen molar-refractivity contribution in [1.82, 2.24) is 4.98 Å². The van der Waals surface area contributed by atoms with E-state index in [1.807, 2.05) is 0 Å². The monoisotopic (exact) mass is 192 g/mol. The third kappa shape index (κ3) is 2.41. The van der Waals surface area contributed by atoms with Crippen molar-refractivity contribution in [2.24, 2.45) is 0 Å². The van der Waals surface area contributed by atoms with E-state index in [0.29, 0.717) is 5.69 Å². The Kier molecular flexibility index (Phi) is 2.96. The van der Waals surface area contributed by atoms with E-state index < -0.39 is 11.9 Å². The standard InChI is InChI=1S/C9H8N2O3/c1-2-8(12)11-7-3-6(9(13)14)4-10-5-7/h2-5H,1H2,(H,11,12)(H,13,14). The summed E-state index contributed by atoms with van der Waals surface area (Å²) in [6.45, 7) is 3.27. The van der Waals surface area contributed by atoms with E-state index in [2.05, 4.69) is 16.9 Å². The van der Waals surface area contributed by atoms with Crippen LogP contribution in [-0.2, 0) is 4.79 Å². The molecule has 5 heteroatoms. The maximum absolute atomic E-state index is 10.9. The molecular weight excluding hydrogens is 184 g/mol. The van der Waals surface area contributed by atoms with Gasteiger partial charge in [0.25, 0.3) is 0 Å². The fraction of sp³-hybridized carbons (Fsp3) is 0. The van der Waals surface area contributed by atoms with Crippen LogP contribution in [0.1, 0.15) is 10.4 Å². The van der Waals surface area contributed by atoms with E-state index in [-0.39, 0.29) is 5.56 Å². The number of carboxylic acids is 1. The Hall–Kier alpha value is -2.17. The maximum atomic E-state index is 10.9. The zero-order chi connectivity index (χ0) is 10.6. The van der Waals surface area contributed by atoms with Crippen LogP contribution >= 0.6 is 0 Å². The van der Waals surface area contributed by atoms with Crippen LogP contribution < -0.4 is 5.32 Å². The van der Waals surface area contributed by atoms with Gasteiger partial charge in [0.05, 0.1) is 17.4 Å². The average molecular weight is 192 g/mol. The number of rotatable bonds is 3. The van der Waals surface area contributed by atoms with Gasteiger partial charge in [-0.15, -0.1) is 0 Å². The fourth-order valence-electron chi connectivity index (χ4n) is 0.819. The molecule has 1 heterocycles. The van der Waals surface area contributed by atoms with Crippen LogP contribution in [0.25, 0.3) is 0 Å². The van der Waals surface area contributed by atoms with Gasteiger partial charge in [0, 0.05) is 6.20 Å². The number of aromatic nitrogens is 1. The Labute approximate surface area is 80.1 Å². The second-order valence-electron chi connectivity index (χ2n) is 2.46. The van der Waals surface area contributed by atoms with Crippen molar-refractivity contribution in [3.8, 4) is 0 Å². The zero-order valence-corrected chi connectivity index (χ0v) is 7.23. The van der Waals surface area contributed by atoms with Gasteiger partial charge in [-0.1, -0.05) is 6.58 Å². The van der Waals surface area contributed by atoms with Crippen LogP contribution in [0.5, 0.6) is 0 Å². The SMILES string of the molecule is C=CC(=O)Nc1cncc(C(=O)O)c1. The molecule has 0 saturated carbocycles. The Morgan fingerprint density at radius 2 is 2.21 bits per heavy atom. The van der Waals surface area contributed by atoms with E-state index in [0.717, 1.165) is 6.08 Å². The summed E-state index contributed by atoms with van der Waals surface area (Å²) in [5.74, 6) is -1.50. The normalized spacial score (nSPS) is 9.14. The van der Waals surface area contributed by atoms with E-state index >= 15 is 0 Å². The molecule has 0 aromatic carbocycles. The number of pyridine rings is 1. The number of carboxylic acid groups (broad SMARTS) is 1. The minimum absolute atomic E-state index is 0.0202. The van der Waals surface area contributed by atoms with E-state index in [1.165, 1.54) is 18.5 Å². The fourth-order valence-corrected chi connectivity index (χ4v) is 0.819. The van der Waals surface area contributed by atoms with E-state index in [9.17, 15) is 9.59 Å². The first-order valence-corrected chi connectivity index (χ1v) is 3.75. The molecule has 1 rings (SSSR count). The molecule has 0 fully saturated rings. The van der Waals surface area contributed by atoms with Gasteiger partial charge in [0.2, 0.25) is 5.91 Å². The Balaban J connectivity index is 2.88. The Bertz CT molecular complexity index is 387. The summed E-state index contributed by atoms with van der Waals surface area (Å²) in [5, 5.41) is 11.0. The molecule has 1 aromatic heterocycles. The van der Waals surface area contributed by atoms with Gasteiger partial charge in [-0.2, -0.15) is 0 Å². The molecule has 0 aliphatic heterocycles. The van der Waals surface area contributed by atoms with Crippen LogP contribution in [0, 0.1) is 0 Å². The van der Waals surface area contributed by atoms with E-state index in [1.54, 1.807) is 0 Å². The highest BCUT2D eigenvalue weighted by molar-refractivity contribution is 5.99. The molecule has 1 aromatic rings. The number of aromatic carboxylic acids is 1. The van der Waals surface area contributed by atoms with Crippen LogP contribution in [0.2, 0.25) is 0 Å². The summed E-state index contributed by atoms with van der Waals surface area (Å²) in [4.78, 5) is 25.1. The van der Waals surface area contributed by atoms with Crippen LogP contribution in [0.4, 0.5) is 5.69 Å². The van der Waals surface area contributed by atoms with Crippen LogP contribution in [-0.4, -0.2) is 22.0 Å². The molecule has 0 aliphatic carbocycles. The molecule has 14 heavy (non-hydrogen) atoms. The number of carbonyl (C=O) groups excluding carboxylic acids is 1. The number of nitrogens with one attached hydrogen (secondary N) is 1. The minimum atomic E-state index is -1.09. The molecule has 5 nitrogen and oxygen atoms in total. The third-order valence-electron chi connectivity index (χ3n) is 1.44. The first-order valence-electron chi connectivity index (χ1n) is 3.75. The lowest BCUT2D eigenvalue weighted by Gasteiger charge is -2.01. The molecule has 0 atom stereocenters. The number of hydrogen-bond acceptors (Lipinski definition) is 3. The molecular formula is C9H8N2O3. The van der Waals surface area contributed by atoms with Gasteiger partial charge >= 0.3 is 5.97 Å². The van der Waals surface area contributed by atoms with Gasteiger partial charge in [-0.05, 0) is 12.1 Å². The van der Waals surface area contributed by atoms with Crippen molar-refractivity contribution >= 4 is 17.6 Å². The Morgan fingerprint density at radius 1 is 1.50 bits per heavy atom. The van der Waals surface area contributed by atoms with Gasteiger partial charge in [-0.3, -0.25) is 9.78 Å². The van der Waals surface area contributed by atoms with Crippen molar-refractivity contribution in [3.05, 3.63) is 36.7 Å². The first-order chi connectivity index (χ1) is 6.63. The maximum Gasteiger partial charge on any atom is 0.337 e. The van der Waals surface area contributed by atoms with Crippen molar-refractivity contribution in [3.63, 3.8) is 0 Å². The van der Waals surface area contributed by atoms with Crippen LogP contribution in [0.3, 0.4) is 0 Å². The second-order valence-corrected chi connectivity index (χ2v) is 2.46. The number of nitrogens with zero attached hydrogens (tertiary/aromatic N) is 1. The van der Waals surface area contributed by atoms with Crippen molar-refractivity contribution in [1.29, 1.82) is 0 Å². The summed E-state index contributed by atoms with van der Waals surface area (Å²) >= 11 is 0. The van der Waals surface area contributed by atoms with Gasteiger partial charge in [-0.25, -0.2) is 4.79 Å². The lowest BCUT2D eigenvalue weighted by Crippen LogP contribution is -2.08. The molecule has 0 saturated heterocycles. The summed E-state index contributed by atoms with van der Waals surface area (Å²) in [6.07, 6.45) is 3.65. The highest BCUT2D eigenvalue weighted by Gasteiger charge is 2.04. The number of anilines is 1. The molecule has 2 N–H and O–H groups in total. The predicted octanol–water partition coefficient (Wildman–Crippen LogP) is 0.904. The van der Waals surface area contributed by atoms with Crippen LogP contribution in [0.15, 0.2) is 31.1 Å². The number of hydrogen-bond donors (Lipinski definition) is 2. The summed E-state index contributed by atoms with van der Waals surface area (Å²) in [5.41, 5.74) is 0.349. The zero-order valence-electron chi connectivity index (χ0n) is 7.23. The molecule has 0 unspecified atom stereocenters. The summed E-state index contributed by atoms with van der Waals surface area (Å²) in [7, 11) is 0. The van der Waals surface area contributed by atoms with Crippen molar-refractivity contribution in [2.45, 2.75) is 0 Å². The number of carbonyl (C=O) groups is 2. The average Bonchev–Trinajstić information content (AvgIpc) is 2.18. The highest BCUT2D eigenvalue weighted by Crippen LogP contribution is 2.07. The third-order valence-corrected chi connectivity index (χ3v) is 1.44. The molecule has 72 valence electrons. The quantitative estimate of drug-likeness (QED) is 0.697. The molecule has 0 bridgehead atoms. The number of amides is 1. The molecule has 0 radical (unpaired) electrons. The minimum Gasteiger partial charge on any atom is -0.478 e. The van der Waals surface area contributed by atoms with Gasteiger partial charge in [0.15, 0.2) is 0 Å². The topological polar surface area (TPSA) is 79.3 Å². The Morgan fingerprint density at radius 3 is 2.79 bits per heavy atom. The van der Waals surface area contributed by atoms with Gasteiger partial charge in [0.1, 0.15) is 0 Å². The molecule has 0 aliphatic rings. The van der Waals surface area contributed by atoms with Crippen molar-refractivity contribution < 1.29 is 14.7 Å². The smallest absolute Gasteiger partial charge is 0.337 e. The first kappa shape index (κ1) is 9.91. The molecule has 0 spiro atoms. The predicted molar refractivity (Wildman–Crippen MR) is 50.0 cm³/mol. The summed E-state index contributed by atoms with van der Waals surface area (Å²) < 4.78 is 0. The lowest BCUT2D eigenvalue weighted by molar-refractivity contribution is -0.111. The van der Waals surface area contributed by atoms with Crippen molar-refractivity contribution in [2.75, 3.05) is 5.32 Å². The summed E-state index contributed by atoms with van der Waals surface area (Å²) in [6, 6.07) is 1.32. The molecule has 1 amide bonds. The second kappa shape index (κ2) is 4.18. The highest BCUT2D eigenvalue weighted by atomic mass is 16.4.